The fraction of sp³-hybridized carbons (Fsp3) is 0.571. The van der Waals surface area contributed by atoms with Crippen molar-refractivity contribution in [1.82, 2.24) is 14.7 Å². The average Bonchev–Trinajstić information content (AvgIpc) is 2.44. The van der Waals surface area contributed by atoms with E-state index in [1.54, 1.807) is 20.8 Å². The molecule has 120 valence electrons. The molecule has 1 fully saturated rings. The molecule has 1 aromatic rings. The van der Waals surface area contributed by atoms with Crippen molar-refractivity contribution in [2.75, 3.05) is 13.1 Å². The molecule has 2 atom stereocenters. The Hall–Kier alpha value is -2.22. The van der Waals surface area contributed by atoms with E-state index in [4.69, 9.17) is 9.84 Å². The Morgan fingerprint density at radius 1 is 1.32 bits per heavy atom. The molecule has 2 rings (SSSR count). The van der Waals surface area contributed by atoms with Gasteiger partial charge >= 0.3 is 5.97 Å². The average molecular weight is 309 g/mol. The number of hydrogen-bond acceptors (Lipinski definition) is 5. The van der Waals surface area contributed by atoms with E-state index in [2.05, 4.69) is 5.10 Å². The summed E-state index contributed by atoms with van der Waals surface area (Å²) in [6, 6.07) is 0. The van der Waals surface area contributed by atoms with Crippen molar-refractivity contribution in [2.45, 2.75) is 33.0 Å². The van der Waals surface area contributed by atoms with Gasteiger partial charge in [0.15, 0.2) is 6.10 Å². The van der Waals surface area contributed by atoms with Gasteiger partial charge in [0.05, 0.1) is 18.3 Å². The molecule has 0 aliphatic carbocycles. The minimum absolute atomic E-state index is 0.0354. The van der Waals surface area contributed by atoms with Crippen LogP contribution in [0.5, 0.6) is 0 Å². The number of morpholine rings is 1. The topological polar surface area (TPSA) is 102 Å². The van der Waals surface area contributed by atoms with Crippen LogP contribution in [0.2, 0.25) is 0 Å². The molecule has 8 nitrogen and oxygen atoms in total. The van der Waals surface area contributed by atoms with E-state index in [0.29, 0.717) is 11.3 Å². The van der Waals surface area contributed by atoms with Crippen LogP contribution in [0, 0.1) is 13.8 Å². The summed E-state index contributed by atoms with van der Waals surface area (Å²) in [5, 5.41) is 13.1. The summed E-state index contributed by atoms with van der Waals surface area (Å²) in [4.78, 5) is 37.4. The summed E-state index contributed by atoms with van der Waals surface area (Å²) < 4.78 is 6.40. The quantitative estimate of drug-likeness (QED) is 0.805. The molecule has 1 aromatic heterocycles. The molecule has 0 spiro atoms. The van der Waals surface area contributed by atoms with Crippen LogP contribution in [0.15, 0.2) is 4.79 Å². The third kappa shape index (κ3) is 2.87. The van der Waals surface area contributed by atoms with Crippen LogP contribution in [0.25, 0.3) is 0 Å². The molecular formula is C14H19N3O5. The van der Waals surface area contributed by atoms with E-state index in [0.717, 1.165) is 4.68 Å². The molecule has 1 saturated heterocycles. The van der Waals surface area contributed by atoms with E-state index < -0.39 is 29.6 Å². The zero-order valence-corrected chi connectivity index (χ0v) is 13.0. The summed E-state index contributed by atoms with van der Waals surface area (Å²) >= 11 is 0. The first kappa shape index (κ1) is 16.2. The summed E-state index contributed by atoms with van der Waals surface area (Å²) in [7, 11) is 1.48. The highest BCUT2D eigenvalue weighted by molar-refractivity contribution is 5.95. The van der Waals surface area contributed by atoms with Crippen molar-refractivity contribution in [1.29, 1.82) is 0 Å². The van der Waals surface area contributed by atoms with Crippen molar-refractivity contribution in [3.05, 3.63) is 27.2 Å². The number of carbonyl (C=O) groups is 2. The highest BCUT2D eigenvalue weighted by Crippen LogP contribution is 2.16. The molecule has 0 aromatic carbocycles. The number of hydrogen-bond donors (Lipinski definition) is 1. The Balaban J connectivity index is 2.40. The number of carbonyl (C=O) groups excluding carboxylic acids is 1. The number of nitrogens with zero attached hydrogens (tertiary/aromatic N) is 3. The molecule has 0 bridgehead atoms. The second-order valence-electron chi connectivity index (χ2n) is 5.50. The number of ether oxygens (including phenoxy) is 1. The molecule has 8 heteroatoms. The van der Waals surface area contributed by atoms with Crippen LogP contribution in [-0.4, -0.2) is 57.0 Å². The van der Waals surface area contributed by atoms with Gasteiger partial charge in [-0.3, -0.25) is 9.59 Å². The van der Waals surface area contributed by atoms with Crippen LogP contribution in [0.4, 0.5) is 0 Å². The minimum atomic E-state index is -1.13. The number of aliphatic carboxylic acids is 1. The molecule has 1 unspecified atom stereocenters. The van der Waals surface area contributed by atoms with Crippen LogP contribution < -0.4 is 5.56 Å². The van der Waals surface area contributed by atoms with E-state index in [1.807, 2.05) is 0 Å². The lowest BCUT2D eigenvalue weighted by atomic mass is 10.1. The van der Waals surface area contributed by atoms with Crippen LogP contribution >= 0.6 is 0 Å². The summed E-state index contributed by atoms with van der Waals surface area (Å²) in [6.07, 6.45) is -1.49. The maximum atomic E-state index is 12.7. The zero-order chi connectivity index (χ0) is 16.6. The normalized spacial score (nSPS) is 21.7. The molecule has 1 aliphatic heterocycles. The van der Waals surface area contributed by atoms with Gasteiger partial charge in [0.1, 0.15) is 5.56 Å². The van der Waals surface area contributed by atoms with Gasteiger partial charge in [0.25, 0.3) is 11.5 Å². The number of carboxylic acid groups (broad SMARTS) is 1. The van der Waals surface area contributed by atoms with Crippen LogP contribution in [-0.2, 0) is 16.6 Å². The Morgan fingerprint density at radius 3 is 2.55 bits per heavy atom. The summed E-state index contributed by atoms with van der Waals surface area (Å²) in [5.74, 6) is -1.61. The van der Waals surface area contributed by atoms with Crippen molar-refractivity contribution in [2.24, 2.45) is 7.05 Å². The van der Waals surface area contributed by atoms with Gasteiger partial charge in [-0.15, -0.1) is 0 Å². The Kier molecular flexibility index (Phi) is 4.32. The monoisotopic (exact) mass is 309 g/mol. The van der Waals surface area contributed by atoms with E-state index in [9.17, 15) is 14.4 Å². The Bertz CT molecular complexity index is 682. The largest absolute Gasteiger partial charge is 0.479 e. The van der Waals surface area contributed by atoms with Crippen molar-refractivity contribution in [3.8, 4) is 0 Å². The summed E-state index contributed by atoms with van der Waals surface area (Å²) in [6.45, 7) is 5.23. The first-order valence-electron chi connectivity index (χ1n) is 6.94. The van der Waals surface area contributed by atoms with Gasteiger partial charge in [-0.05, 0) is 26.3 Å². The van der Waals surface area contributed by atoms with E-state index in [-0.39, 0.29) is 18.7 Å². The lowest BCUT2D eigenvalue weighted by Crippen LogP contribution is -2.53. The second-order valence-corrected chi connectivity index (χ2v) is 5.50. The van der Waals surface area contributed by atoms with Crippen molar-refractivity contribution in [3.63, 3.8) is 0 Å². The molecule has 22 heavy (non-hydrogen) atoms. The maximum absolute atomic E-state index is 12.7. The Labute approximate surface area is 127 Å². The molecular weight excluding hydrogens is 290 g/mol. The van der Waals surface area contributed by atoms with Gasteiger partial charge < -0.3 is 14.7 Å². The standard InChI is InChI=1S/C14H19N3O5/c1-7-5-17(6-10(22-7)14(20)21)13(19)11-8(2)9(3)15-16(4)12(11)18/h7,10H,5-6H2,1-4H3,(H,20,21)/t7-,10?/m1/s1. The van der Waals surface area contributed by atoms with Crippen molar-refractivity contribution < 1.29 is 19.4 Å². The predicted molar refractivity (Wildman–Crippen MR) is 76.8 cm³/mol. The Morgan fingerprint density at radius 2 is 1.95 bits per heavy atom. The van der Waals surface area contributed by atoms with Gasteiger partial charge in [-0.2, -0.15) is 5.10 Å². The SMILES string of the molecule is Cc1nn(C)c(=O)c(C(=O)N2CC(C(=O)O)O[C@H](C)C2)c1C. The first-order valence-corrected chi connectivity index (χ1v) is 6.94. The number of aryl methyl sites for hydroxylation is 2. The third-order valence-corrected chi connectivity index (χ3v) is 3.76. The van der Waals surface area contributed by atoms with Gasteiger partial charge in [-0.1, -0.05) is 0 Å². The zero-order valence-electron chi connectivity index (χ0n) is 13.0. The lowest BCUT2D eigenvalue weighted by molar-refractivity contribution is -0.160. The number of amides is 1. The van der Waals surface area contributed by atoms with E-state index in [1.165, 1.54) is 11.9 Å². The maximum Gasteiger partial charge on any atom is 0.334 e. The number of rotatable bonds is 2. The fourth-order valence-electron chi connectivity index (χ4n) is 2.51. The number of aromatic nitrogens is 2. The second kappa shape index (κ2) is 5.88. The third-order valence-electron chi connectivity index (χ3n) is 3.76. The van der Waals surface area contributed by atoms with Gasteiger partial charge in [-0.25, -0.2) is 9.48 Å². The van der Waals surface area contributed by atoms with Gasteiger partial charge in [0, 0.05) is 13.6 Å². The molecule has 0 saturated carbocycles. The molecule has 1 N–H and O–H groups in total. The molecule has 0 radical (unpaired) electrons. The lowest BCUT2D eigenvalue weighted by Gasteiger charge is -2.35. The van der Waals surface area contributed by atoms with Crippen molar-refractivity contribution >= 4 is 11.9 Å². The molecule has 2 heterocycles. The summed E-state index contributed by atoms with van der Waals surface area (Å²) in [5.41, 5.74) is 0.646. The predicted octanol–water partition coefficient (Wildman–Crippen LogP) is -0.289. The highest BCUT2D eigenvalue weighted by atomic mass is 16.5. The smallest absolute Gasteiger partial charge is 0.334 e. The molecule has 1 aliphatic rings. The van der Waals surface area contributed by atoms with Crippen LogP contribution in [0.3, 0.4) is 0 Å². The fourth-order valence-corrected chi connectivity index (χ4v) is 2.51. The van der Waals surface area contributed by atoms with Crippen LogP contribution in [0.1, 0.15) is 28.5 Å². The number of carboxylic acids is 1. The van der Waals surface area contributed by atoms with Gasteiger partial charge in [0.2, 0.25) is 0 Å². The highest BCUT2D eigenvalue weighted by Gasteiger charge is 2.34. The minimum Gasteiger partial charge on any atom is -0.479 e. The van der Waals surface area contributed by atoms with E-state index >= 15 is 0 Å². The first-order chi connectivity index (χ1) is 10.2. The molecule has 1 amide bonds.